The molecule has 1 fully saturated rings. The Morgan fingerprint density at radius 2 is 2.14 bits per heavy atom. The smallest absolute Gasteiger partial charge is 0.224 e. The number of halogens is 1. The maximum absolute atomic E-state index is 12.0. The van der Waals surface area contributed by atoms with Crippen LogP contribution in [0.2, 0.25) is 0 Å². The lowest BCUT2D eigenvalue weighted by molar-refractivity contribution is -0.116. The van der Waals surface area contributed by atoms with Gasteiger partial charge >= 0.3 is 0 Å². The number of anilines is 1. The molecule has 1 heterocycles. The number of amides is 1. The van der Waals surface area contributed by atoms with Crippen LogP contribution in [0.15, 0.2) is 24.3 Å². The highest BCUT2D eigenvalue weighted by Crippen LogP contribution is 2.18. The zero-order valence-corrected chi connectivity index (χ0v) is 14.1. The fourth-order valence-electron chi connectivity index (χ4n) is 2.69. The summed E-state index contributed by atoms with van der Waals surface area (Å²) in [5.74, 6) is 0.809. The standard InChI is InChI=1S/C17H26N2O2.ClH/c1-2-21-13-15-4-3-5-16(12-15)19-17(20)7-6-14-8-10-18-11-9-14;/h3-5,12,14,18H,2,6-11,13H2,1H3,(H,19,20);1H. The molecule has 0 spiro atoms. The van der Waals surface area contributed by atoms with Gasteiger partial charge in [-0.2, -0.15) is 0 Å². The maximum atomic E-state index is 12.0. The van der Waals surface area contributed by atoms with E-state index in [-0.39, 0.29) is 18.3 Å². The number of hydrogen-bond acceptors (Lipinski definition) is 3. The predicted molar refractivity (Wildman–Crippen MR) is 92.5 cm³/mol. The highest BCUT2D eigenvalue weighted by atomic mass is 35.5. The molecular weight excluding hydrogens is 300 g/mol. The summed E-state index contributed by atoms with van der Waals surface area (Å²) in [6.45, 7) is 5.45. The second-order valence-electron chi connectivity index (χ2n) is 5.62. The van der Waals surface area contributed by atoms with Gasteiger partial charge in [-0.3, -0.25) is 4.79 Å². The number of benzene rings is 1. The quantitative estimate of drug-likeness (QED) is 0.807. The molecule has 1 aliphatic rings. The molecule has 1 amide bonds. The molecule has 2 rings (SSSR count). The number of carbonyl (C=O) groups is 1. The first-order valence-corrected chi connectivity index (χ1v) is 7.95. The maximum Gasteiger partial charge on any atom is 0.224 e. The van der Waals surface area contributed by atoms with Crippen LogP contribution in [0.3, 0.4) is 0 Å². The minimum absolute atomic E-state index is 0. The molecule has 0 saturated carbocycles. The van der Waals surface area contributed by atoms with Crippen LogP contribution in [0.25, 0.3) is 0 Å². The van der Waals surface area contributed by atoms with Crippen molar-refractivity contribution >= 4 is 24.0 Å². The van der Waals surface area contributed by atoms with Crippen molar-refractivity contribution < 1.29 is 9.53 Å². The number of nitrogens with one attached hydrogen (secondary N) is 2. The molecule has 1 aromatic rings. The summed E-state index contributed by atoms with van der Waals surface area (Å²) in [6, 6.07) is 7.88. The fraction of sp³-hybridized carbons (Fsp3) is 0.588. The van der Waals surface area contributed by atoms with Crippen LogP contribution in [0, 0.1) is 5.92 Å². The van der Waals surface area contributed by atoms with Gasteiger partial charge in [0.1, 0.15) is 0 Å². The van der Waals surface area contributed by atoms with Crippen LogP contribution in [-0.2, 0) is 16.1 Å². The van der Waals surface area contributed by atoms with E-state index in [0.29, 0.717) is 25.6 Å². The van der Waals surface area contributed by atoms with E-state index in [0.717, 1.165) is 30.8 Å². The van der Waals surface area contributed by atoms with Gasteiger partial charge in [0.25, 0.3) is 0 Å². The topological polar surface area (TPSA) is 50.4 Å². The molecule has 1 aliphatic heterocycles. The SMILES string of the molecule is CCOCc1cccc(NC(=O)CCC2CCNCC2)c1.Cl. The van der Waals surface area contributed by atoms with Crippen LogP contribution in [0.5, 0.6) is 0 Å². The summed E-state index contributed by atoms with van der Waals surface area (Å²) in [5, 5.41) is 6.34. The summed E-state index contributed by atoms with van der Waals surface area (Å²) in [5.41, 5.74) is 1.95. The van der Waals surface area contributed by atoms with E-state index in [4.69, 9.17) is 4.74 Å². The van der Waals surface area contributed by atoms with E-state index < -0.39 is 0 Å². The molecule has 1 saturated heterocycles. The summed E-state index contributed by atoms with van der Waals surface area (Å²) in [7, 11) is 0. The van der Waals surface area contributed by atoms with Crippen molar-refractivity contribution in [3.63, 3.8) is 0 Å². The second kappa shape index (κ2) is 10.6. The van der Waals surface area contributed by atoms with Gasteiger partial charge in [-0.05, 0) is 62.9 Å². The fourth-order valence-corrected chi connectivity index (χ4v) is 2.69. The Hall–Kier alpha value is -1.10. The number of rotatable bonds is 7. The molecular formula is C17H27ClN2O2. The minimum Gasteiger partial charge on any atom is -0.377 e. The lowest BCUT2D eigenvalue weighted by Crippen LogP contribution is -2.28. The lowest BCUT2D eigenvalue weighted by Gasteiger charge is -2.22. The van der Waals surface area contributed by atoms with Gasteiger partial charge in [0.2, 0.25) is 5.91 Å². The van der Waals surface area contributed by atoms with Crippen molar-refractivity contribution in [3.05, 3.63) is 29.8 Å². The first-order chi connectivity index (χ1) is 10.3. The van der Waals surface area contributed by atoms with Crippen LogP contribution >= 0.6 is 12.4 Å². The molecule has 0 radical (unpaired) electrons. The summed E-state index contributed by atoms with van der Waals surface area (Å²) >= 11 is 0. The summed E-state index contributed by atoms with van der Waals surface area (Å²) < 4.78 is 5.39. The van der Waals surface area contributed by atoms with Gasteiger partial charge in [-0.1, -0.05) is 12.1 Å². The highest BCUT2D eigenvalue weighted by Gasteiger charge is 2.14. The average molecular weight is 327 g/mol. The molecule has 0 aliphatic carbocycles. The van der Waals surface area contributed by atoms with Crippen LogP contribution in [0.4, 0.5) is 5.69 Å². The van der Waals surface area contributed by atoms with Gasteiger partial charge in [0.15, 0.2) is 0 Å². The Bertz CT molecular complexity index is 448. The van der Waals surface area contributed by atoms with E-state index in [1.54, 1.807) is 0 Å². The molecule has 2 N–H and O–H groups in total. The van der Waals surface area contributed by atoms with Gasteiger partial charge < -0.3 is 15.4 Å². The molecule has 0 atom stereocenters. The molecule has 0 aromatic heterocycles. The molecule has 124 valence electrons. The zero-order valence-electron chi connectivity index (χ0n) is 13.3. The van der Waals surface area contributed by atoms with Crippen LogP contribution in [-0.4, -0.2) is 25.6 Å². The number of hydrogen-bond donors (Lipinski definition) is 2. The molecule has 0 unspecified atom stereocenters. The third-order valence-electron chi connectivity index (χ3n) is 3.92. The summed E-state index contributed by atoms with van der Waals surface area (Å²) in [6.07, 6.45) is 3.99. The molecule has 1 aromatic carbocycles. The molecule has 4 nitrogen and oxygen atoms in total. The Morgan fingerprint density at radius 3 is 2.86 bits per heavy atom. The molecule has 0 bridgehead atoms. The third-order valence-corrected chi connectivity index (χ3v) is 3.92. The van der Waals surface area contributed by atoms with Gasteiger partial charge in [0, 0.05) is 18.7 Å². The zero-order chi connectivity index (χ0) is 14.9. The normalized spacial score (nSPS) is 15.1. The Kier molecular flexibility index (Phi) is 9.13. The van der Waals surface area contributed by atoms with Gasteiger partial charge in [-0.15, -0.1) is 12.4 Å². The Labute approximate surface area is 139 Å². The van der Waals surface area contributed by atoms with Crippen LogP contribution in [0.1, 0.15) is 38.2 Å². The Balaban J connectivity index is 0.00000242. The van der Waals surface area contributed by atoms with Gasteiger partial charge in [0.05, 0.1) is 6.61 Å². The summed E-state index contributed by atoms with van der Waals surface area (Å²) in [4.78, 5) is 12.0. The van der Waals surface area contributed by atoms with E-state index >= 15 is 0 Å². The van der Waals surface area contributed by atoms with Crippen molar-refractivity contribution in [2.24, 2.45) is 5.92 Å². The van der Waals surface area contributed by atoms with Crippen molar-refractivity contribution in [2.75, 3.05) is 25.0 Å². The first kappa shape index (κ1) is 18.9. The second-order valence-corrected chi connectivity index (χ2v) is 5.62. The monoisotopic (exact) mass is 326 g/mol. The van der Waals surface area contributed by atoms with E-state index in [9.17, 15) is 4.79 Å². The number of carbonyl (C=O) groups excluding carboxylic acids is 1. The van der Waals surface area contributed by atoms with E-state index in [2.05, 4.69) is 10.6 Å². The third kappa shape index (κ3) is 6.77. The highest BCUT2D eigenvalue weighted by molar-refractivity contribution is 5.90. The van der Waals surface area contributed by atoms with Crippen molar-refractivity contribution in [1.82, 2.24) is 5.32 Å². The molecule has 5 heteroatoms. The van der Waals surface area contributed by atoms with Crippen molar-refractivity contribution in [3.8, 4) is 0 Å². The minimum atomic E-state index is 0. The van der Waals surface area contributed by atoms with E-state index in [1.165, 1.54) is 12.8 Å². The largest absolute Gasteiger partial charge is 0.377 e. The lowest BCUT2D eigenvalue weighted by atomic mass is 9.93. The predicted octanol–water partition coefficient (Wildman–Crippen LogP) is 3.36. The number of piperidine rings is 1. The average Bonchev–Trinajstić information content (AvgIpc) is 2.52. The Morgan fingerprint density at radius 1 is 1.36 bits per heavy atom. The van der Waals surface area contributed by atoms with Crippen molar-refractivity contribution in [1.29, 1.82) is 0 Å². The number of ether oxygens (including phenoxy) is 1. The van der Waals surface area contributed by atoms with Gasteiger partial charge in [-0.25, -0.2) is 0 Å². The van der Waals surface area contributed by atoms with Crippen molar-refractivity contribution in [2.45, 2.75) is 39.2 Å². The van der Waals surface area contributed by atoms with E-state index in [1.807, 2.05) is 31.2 Å². The van der Waals surface area contributed by atoms with Crippen LogP contribution < -0.4 is 10.6 Å². The molecule has 22 heavy (non-hydrogen) atoms. The first-order valence-electron chi connectivity index (χ1n) is 7.95.